The average Bonchev–Trinajstić information content (AvgIpc) is 2.85. The molecule has 4 nitrogen and oxygen atoms in total. The van der Waals surface area contributed by atoms with Gasteiger partial charge in [-0.1, -0.05) is 6.07 Å². The minimum atomic E-state index is 0.138. The van der Waals surface area contributed by atoms with Crippen LogP contribution in [-0.4, -0.2) is 38.1 Å². The average molecular weight is 262 g/mol. The van der Waals surface area contributed by atoms with Crippen LogP contribution in [0.1, 0.15) is 30.5 Å². The molecule has 1 atom stereocenters. The van der Waals surface area contributed by atoms with Gasteiger partial charge in [-0.25, -0.2) is 0 Å². The van der Waals surface area contributed by atoms with Crippen LogP contribution < -0.4 is 10.1 Å². The van der Waals surface area contributed by atoms with Crippen molar-refractivity contribution in [1.29, 1.82) is 0 Å². The molecule has 4 heteroatoms. The molecule has 0 heterocycles. The van der Waals surface area contributed by atoms with Gasteiger partial charge in [-0.05, 0) is 43.0 Å². The Balaban J connectivity index is 2.00. The summed E-state index contributed by atoms with van der Waals surface area (Å²) in [6, 6.07) is 6.46. The lowest BCUT2D eigenvalue weighted by Gasteiger charge is -2.18. The summed E-state index contributed by atoms with van der Waals surface area (Å²) in [4.78, 5) is 13.5. The zero-order valence-electron chi connectivity index (χ0n) is 11.9. The molecule has 1 aliphatic rings. The number of ether oxygens (including phenoxy) is 1. The molecule has 0 spiro atoms. The summed E-state index contributed by atoms with van der Waals surface area (Å²) in [5.41, 5.74) is 2.63. The van der Waals surface area contributed by atoms with E-state index in [0.29, 0.717) is 6.54 Å². The number of fused-ring (bicyclic) bond motifs is 1. The molecular weight excluding hydrogens is 240 g/mol. The van der Waals surface area contributed by atoms with Crippen molar-refractivity contribution in [2.24, 2.45) is 0 Å². The lowest BCUT2D eigenvalue weighted by Crippen LogP contribution is -2.36. The van der Waals surface area contributed by atoms with Crippen LogP contribution in [0.25, 0.3) is 0 Å². The highest BCUT2D eigenvalue weighted by atomic mass is 16.5. The third-order valence-corrected chi connectivity index (χ3v) is 3.83. The first kappa shape index (κ1) is 13.9. The number of hydrogen-bond donors (Lipinski definition) is 1. The number of benzene rings is 1. The largest absolute Gasteiger partial charge is 0.497 e. The fourth-order valence-electron chi connectivity index (χ4n) is 2.44. The topological polar surface area (TPSA) is 41.6 Å². The molecule has 1 unspecified atom stereocenters. The molecule has 0 fully saturated rings. The van der Waals surface area contributed by atoms with Crippen molar-refractivity contribution in [2.45, 2.75) is 25.8 Å². The Bertz CT molecular complexity index is 459. The number of carbonyl (C=O) groups is 1. The fraction of sp³-hybridized carbons (Fsp3) is 0.533. The van der Waals surface area contributed by atoms with Crippen LogP contribution in [-0.2, 0) is 11.2 Å². The maximum atomic E-state index is 11.8. The smallest absolute Gasteiger partial charge is 0.236 e. The van der Waals surface area contributed by atoms with Gasteiger partial charge in [0.15, 0.2) is 0 Å². The molecular formula is C15H22N2O2. The lowest BCUT2D eigenvalue weighted by atomic mass is 10.1. The number of likely N-dealkylation sites (N-methyl/N-ethyl adjacent to an activating group) is 1. The van der Waals surface area contributed by atoms with Crippen molar-refractivity contribution < 1.29 is 9.53 Å². The van der Waals surface area contributed by atoms with Crippen LogP contribution >= 0.6 is 0 Å². The number of rotatable bonds is 5. The van der Waals surface area contributed by atoms with E-state index in [0.717, 1.165) is 25.1 Å². The molecule has 1 aromatic carbocycles. The zero-order valence-corrected chi connectivity index (χ0v) is 11.9. The van der Waals surface area contributed by atoms with Crippen molar-refractivity contribution in [2.75, 3.05) is 27.2 Å². The summed E-state index contributed by atoms with van der Waals surface area (Å²) in [5.74, 6) is 1.02. The van der Waals surface area contributed by atoms with Crippen LogP contribution in [0, 0.1) is 0 Å². The third kappa shape index (κ3) is 3.07. The maximum Gasteiger partial charge on any atom is 0.236 e. The third-order valence-electron chi connectivity index (χ3n) is 3.83. The Morgan fingerprint density at radius 3 is 3.00 bits per heavy atom. The van der Waals surface area contributed by atoms with Crippen LogP contribution in [0.5, 0.6) is 5.75 Å². The predicted octanol–water partition coefficient (Wildman–Crippen LogP) is 1.75. The van der Waals surface area contributed by atoms with Crippen molar-refractivity contribution in [3.8, 4) is 5.75 Å². The Morgan fingerprint density at radius 1 is 1.53 bits per heavy atom. The van der Waals surface area contributed by atoms with Gasteiger partial charge in [-0.15, -0.1) is 0 Å². The van der Waals surface area contributed by atoms with Gasteiger partial charge >= 0.3 is 0 Å². The highest BCUT2D eigenvalue weighted by molar-refractivity contribution is 5.78. The SMILES string of the molecule is CCN(C)C(=O)CNC1CCc2ccc(OC)cc21. The van der Waals surface area contributed by atoms with E-state index < -0.39 is 0 Å². The minimum absolute atomic E-state index is 0.138. The van der Waals surface area contributed by atoms with Crippen LogP contribution in [0.4, 0.5) is 0 Å². The fourth-order valence-corrected chi connectivity index (χ4v) is 2.44. The van der Waals surface area contributed by atoms with Crippen molar-refractivity contribution in [3.05, 3.63) is 29.3 Å². The van der Waals surface area contributed by atoms with Gasteiger partial charge in [0.1, 0.15) is 5.75 Å². The number of amides is 1. The molecule has 0 radical (unpaired) electrons. The monoisotopic (exact) mass is 262 g/mol. The molecule has 19 heavy (non-hydrogen) atoms. The molecule has 1 N–H and O–H groups in total. The molecule has 1 amide bonds. The van der Waals surface area contributed by atoms with E-state index in [9.17, 15) is 4.79 Å². The number of nitrogens with zero attached hydrogens (tertiary/aromatic N) is 1. The summed E-state index contributed by atoms with van der Waals surface area (Å²) < 4.78 is 5.27. The van der Waals surface area contributed by atoms with E-state index in [-0.39, 0.29) is 11.9 Å². The Morgan fingerprint density at radius 2 is 2.32 bits per heavy atom. The summed E-state index contributed by atoms with van der Waals surface area (Å²) in [7, 11) is 3.51. The standard InChI is InChI=1S/C15H22N2O2/c1-4-17(2)15(18)10-16-14-8-6-11-5-7-12(19-3)9-13(11)14/h5,7,9,14,16H,4,6,8,10H2,1-3H3. The summed E-state index contributed by atoms with van der Waals surface area (Å²) in [6.07, 6.45) is 2.11. The highest BCUT2D eigenvalue weighted by Crippen LogP contribution is 2.33. The van der Waals surface area contributed by atoms with E-state index in [1.54, 1.807) is 12.0 Å². The molecule has 0 saturated heterocycles. The molecule has 0 saturated carbocycles. The second kappa shape index (κ2) is 6.06. The number of aryl methyl sites for hydroxylation is 1. The number of carbonyl (C=O) groups excluding carboxylic acids is 1. The molecule has 2 rings (SSSR count). The minimum Gasteiger partial charge on any atom is -0.497 e. The van der Waals surface area contributed by atoms with Gasteiger partial charge in [-0.2, -0.15) is 0 Å². The quantitative estimate of drug-likeness (QED) is 0.879. The zero-order chi connectivity index (χ0) is 13.8. The first-order valence-corrected chi connectivity index (χ1v) is 6.79. The van der Waals surface area contributed by atoms with Crippen LogP contribution in [0.15, 0.2) is 18.2 Å². The second-order valence-electron chi connectivity index (χ2n) is 4.94. The number of nitrogens with one attached hydrogen (secondary N) is 1. The molecule has 104 valence electrons. The highest BCUT2D eigenvalue weighted by Gasteiger charge is 2.23. The van der Waals surface area contributed by atoms with Gasteiger partial charge < -0.3 is 15.0 Å². The van der Waals surface area contributed by atoms with Gasteiger partial charge in [0.2, 0.25) is 5.91 Å². The summed E-state index contributed by atoms with van der Waals surface area (Å²) >= 11 is 0. The normalized spacial score (nSPS) is 17.1. The molecule has 1 aromatic rings. The maximum absolute atomic E-state index is 11.8. The van der Waals surface area contributed by atoms with Crippen LogP contribution in [0.2, 0.25) is 0 Å². The summed E-state index contributed by atoms with van der Waals surface area (Å²) in [6.45, 7) is 3.12. The molecule has 0 bridgehead atoms. The van der Waals surface area contributed by atoms with Crippen molar-refractivity contribution in [1.82, 2.24) is 10.2 Å². The van der Waals surface area contributed by atoms with Crippen molar-refractivity contribution in [3.63, 3.8) is 0 Å². The van der Waals surface area contributed by atoms with Gasteiger partial charge in [0, 0.05) is 19.6 Å². The van der Waals surface area contributed by atoms with E-state index in [4.69, 9.17) is 4.74 Å². The number of methoxy groups -OCH3 is 1. The van der Waals surface area contributed by atoms with Crippen molar-refractivity contribution >= 4 is 5.91 Å². The summed E-state index contributed by atoms with van der Waals surface area (Å²) in [5, 5.41) is 3.36. The first-order chi connectivity index (χ1) is 9.15. The Hall–Kier alpha value is -1.55. The van der Waals surface area contributed by atoms with Crippen LogP contribution in [0.3, 0.4) is 0 Å². The molecule has 1 aliphatic carbocycles. The van der Waals surface area contributed by atoms with Gasteiger partial charge in [0.25, 0.3) is 0 Å². The molecule has 0 aliphatic heterocycles. The van der Waals surface area contributed by atoms with Gasteiger partial charge in [-0.3, -0.25) is 4.79 Å². The van der Waals surface area contributed by atoms with E-state index in [1.807, 2.05) is 20.0 Å². The van der Waals surface area contributed by atoms with E-state index in [2.05, 4.69) is 17.4 Å². The second-order valence-corrected chi connectivity index (χ2v) is 4.94. The van der Waals surface area contributed by atoms with E-state index >= 15 is 0 Å². The van der Waals surface area contributed by atoms with Gasteiger partial charge in [0.05, 0.1) is 13.7 Å². The Labute approximate surface area is 114 Å². The predicted molar refractivity (Wildman–Crippen MR) is 75.4 cm³/mol. The Kier molecular flexibility index (Phi) is 4.43. The first-order valence-electron chi connectivity index (χ1n) is 6.79. The lowest BCUT2D eigenvalue weighted by molar-refractivity contribution is -0.128. The number of hydrogen-bond acceptors (Lipinski definition) is 3. The molecule has 0 aromatic heterocycles. The van der Waals surface area contributed by atoms with E-state index in [1.165, 1.54) is 11.1 Å².